The predicted octanol–water partition coefficient (Wildman–Crippen LogP) is 4.02. The first-order chi connectivity index (χ1) is 14.3. The van der Waals surface area contributed by atoms with Gasteiger partial charge in [0, 0.05) is 31.9 Å². The van der Waals surface area contributed by atoms with E-state index in [0.717, 1.165) is 11.1 Å². The van der Waals surface area contributed by atoms with Crippen LogP contribution in [0.2, 0.25) is 0 Å². The molecule has 3 aromatic rings. The average Bonchev–Trinajstić information content (AvgIpc) is 2.74. The first-order valence-corrected chi connectivity index (χ1v) is 9.74. The molecule has 1 heterocycles. The Morgan fingerprint density at radius 3 is 2.63 bits per heavy atom. The van der Waals surface area contributed by atoms with Crippen molar-refractivity contribution in [1.82, 2.24) is 14.7 Å². The van der Waals surface area contributed by atoms with Gasteiger partial charge in [-0.05, 0) is 50.6 Å². The summed E-state index contributed by atoms with van der Waals surface area (Å²) in [5.41, 5.74) is 3.14. The number of carbonyl (C=O) groups excluding carboxylic acids is 1. The summed E-state index contributed by atoms with van der Waals surface area (Å²) in [5.74, 6) is 0.871. The summed E-state index contributed by atoms with van der Waals surface area (Å²) < 4.78 is 7.26. The molecule has 0 unspecified atom stereocenters. The number of hydrogen-bond donors (Lipinski definition) is 1. The number of carbonyl (C=O) groups is 1. The molecule has 7 heteroatoms. The van der Waals surface area contributed by atoms with Gasteiger partial charge in [-0.3, -0.25) is 9.59 Å². The fourth-order valence-corrected chi connectivity index (χ4v) is 2.99. The van der Waals surface area contributed by atoms with Crippen LogP contribution in [0.3, 0.4) is 0 Å². The molecule has 1 N–H and O–H groups in total. The smallest absolute Gasteiger partial charge is 0.294 e. The molecule has 0 saturated carbocycles. The summed E-state index contributed by atoms with van der Waals surface area (Å²) in [6, 6.07) is 12.9. The van der Waals surface area contributed by atoms with Gasteiger partial charge in [0.25, 0.3) is 11.5 Å². The molecule has 0 aliphatic rings. The third-order valence-electron chi connectivity index (χ3n) is 4.85. The lowest BCUT2D eigenvalue weighted by atomic mass is 10.1. The van der Waals surface area contributed by atoms with Crippen molar-refractivity contribution in [2.45, 2.75) is 20.8 Å². The van der Waals surface area contributed by atoms with Gasteiger partial charge < -0.3 is 15.0 Å². The maximum absolute atomic E-state index is 12.8. The molecule has 0 spiro atoms. The van der Waals surface area contributed by atoms with E-state index in [2.05, 4.69) is 10.4 Å². The Balaban J connectivity index is 1.97. The van der Waals surface area contributed by atoms with E-state index in [4.69, 9.17) is 4.74 Å². The number of nitrogens with one attached hydrogen (secondary N) is 1. The molecule has 2 aromatic carbocycles. The quantitative estimate of drug-likeness (QED) is 0.669. The molecule has 30 heavy (non-hydrogen) atoms. The molecule has 3 rings (SSSR count). The minimum atomic E-state index is -0.334. The van der Waals surface area contributed by atoms with E-state index in [0.29, 0.717) is 29.3 Å². The van der Waals surface area contributed by atoms with Crippen LogP contribution in [-0.4, -0.2) is 34.2 Å². The topological polar surface area (TPSA) is 76.5 Å². The summed E-state index contributed by atoms with van der Waals surface area (Å²) in [7, 11) is 3.32. The molecular weight excluding hydrogens is 380 g/mol. The van der Waals surface area contributed by atoms with Gasteiger partial charge in [-0.15, -0.1) is 0 Å². The molecule has 0 fully saturated rings. The summed E-state index contributed by atoms with van der Waals surface area (Å²) in [5, 5.41) is 7.20. The van der Waals surface area contributed by atoms with Gasteiger partial charge in [-0.1, -0.05) is 23.8 Å². The highest BCUT2D eigenvalue weighted by molar-refractivity contribution is 5.95. The van der Waals surface area contributed by atoms with Gasteiger partial charge in [0.05, 0.1) is 6.20 Å². The summed E-state index contributed by atoms with van der Waals surface area (Å²) in [6.45, 7) is 6.48. The largest absolute Gasteiger partial charge is 0.453 e. The van der Waals surface area contributed by atoms with Crippen molar-refractivity contribution in [3.05, 3.63) is 75.7 Å². The van der Waals surface area contributed by atoms with E-state index in [1.165, 1.54) is 10.9 Å². The third-order valence-corrected chi connectivity index (χ3v) is 4.85. The van der Waals surface area contributed by atoms with Crippen molar-refractivity contribution < 1.29 is 9.53 Å². The van der Waals surface area contributed by atoms with Crippen LogP contribution in [0, 0.1) is 13.8 Å². The highest BCUT2D eigenvalue weighted by Gasteiger charge is 2.15. The highest BCUT2D eigenvalue weighted by atomic mass is 16.5. The van der Waals surface area contributed by atoms with Crippen LogP contribution < -0.4 is 15.6 Å². The van der Waals surface area contributed by atoms with Crippen molar-refractivity contribution in [2.75, 3.05) is 18.9 Å². The Labute approximate surface area is 175 Å². The second-order valence-corrected chi connectivity index (χ2v) is 7.21. The Morgan fingerprint density at radius 1 is 1.17 bits per heavy atom. The van der Waals surface area contributed by atoms with E-state index < -0.39 is 0 Å². The van der Waals surface area contributed by atoms with Crippen LogP contribution in [-0.2, 0) is 7.05 Å². The van der Waals surface area contributed by atoms with Crippen LogP contribution in [0.4, 0.5) is 11.4 Å². The van der Waals surface area contributed by atoms with Crippen LogP contribution >= 0.6 is 0 Å². The summed E-state index contributed by atoms with van der Waals surface area (Å²) in [4.78, 5) is 26.9. The van der Waals surface area contributed by atoms with Gasteiger partial charge in [0.2, 0.25) is 0 Å². The van der Waals surface area contributed by atoms with E-state index in [1.807, 2.05) is 39.0 Å². The molecule has 0 aliphatic heterocycles. The van der Waals surface area contributed by atoms with Gasteiger partial charge in [0.15, 0.2) is 11.4 Å². The SMILES string of the molecule is CCN(C)C(=O)c1cccc(Nc2c(Oc3ccc(C)cc3C)cnn(C)c2=O)c1. The van der Waals surface area contributed by atoms with Crippen molar-refractivity contribution >= 4 is 17.3 Å². The van der Waals surface area contributed by atoms with Gasteiger partial charge >= 0.3 is 0 Å². The average molecular weight is 406 g/mol. The lowest BCUT2D eigenvalue weighted by Gasteiger charge is -2.16. The molecule has 0 bridgehead atoms. The molecule has 7 nitrogen and oxygen atoms in total. The van der Waals surface area contributed by atoms with Crippen LogP contribution in [0.5, 0.6) is 11.5 Å². The number of anilines is 2. The number of nitrogens with zero attached hydrogens (tertiary/aromatic N) is 3. The molecule has 1 amide bonds. The molecule has 156 valence electrons. The number of aryl methyl sites for hydroxylation is 3. The maximum atomic E-state index is 12.8. The first kappa shape index (κ1) is 21.1. The number of aromatic nitrogens is 2. The van der Waals surface area contributed by atoms with Gasteiger partial charge in [-0.25, -0.2) is 4.68 Å². The normalized spacial score (nSPS) is 10.6. The lowest BCUT2D eigenvalue weighted by molar-refractivity contribution is 0.0802. The molecule has 0 atom stereocenters. The molecular formula is C23H26N4O3. The molecule has 0 radical (unpaired) electrons. The van der Waals surface area contributed by atoms with E-state index in [1.54, 1.807) is 43.3 Å². The minimum absolute atomic E-state index is 0.0875. The number of ether oxygens (including phenoxy) is 1. The Hall–Kier alpha value is -3.61. The second kappa shape index (κ2) is 8.82. The number of rotatable bonds is 6. The van der Waals surface area contributed by atoms with Crippen molar-refractivity contribution in [3.8, 4) is 11.5 Å². The van der Waals surface area contributed by atoms with Crippen molar-refractivity contribution in [3.63, 3.8) is 0 Å². The third kappa shape index (κ3) is 4.51. The van der Waals surface area contributed by atoms with E-state index >= 15 is 0 Å². The van der Waals surface area contributed by atoms with Crippen LogP contribution in [0.25, 0.3) is 0 Å². The standard InChI is InChI=1S/C23H26N4O3/c1-6-26(4)22(28)17-8-7-9-18(13-17)25-21-20(14-24-27(5)23(21)29)30-19-11-10-15(2)12-16(19)3/h7-14,25H,6H2,1-5H3. The van der Waals surface area contributed by atoms with Crippen LogP contribution in [0.1, 0.15) is 28.4 Å². The van der Waals surface area contributed by atoms with Crippen molar-refractivity contribution in [2.24, 2.45) is 7.05 Å². The van der Waals surface area contributed by atoms with Crippen LogP contribution in [0.15, 0.2) is 53.5 Å². The fourth-order valence-electron chi connectivity index (χ4n) is 2.99. The van der Waals surface area contributed by atoms with Gasteiger partial charge in [0.1, 0.15) is 5.75 Å². The summed E-state index contributed by atoms with van der Waals surface area (Å²) in [6.07, 6.45) is 1.50. The zero-order chi connectivity index (χ0) is 21.8. The zero-order valence-electron chi connectivity index (χ0n) is 17.9. The monoisotopic (exact) mass is 406 g/mol. The van der Waals surface area contributed by atoms with Gasteiger partial charge in [-0.2, -0.15) is 5.10 Å². The van der Waals surface area contributed by atoms with E-state index in [-0.39, 0.29) is 17.2 Å². The van der Waals surface area contributed by atoms with E-state index in [9.17, 15) is 9.59 Å². The van der Waals surface area contributed by atoms with Crippen molar-refractivity contribution in [1.29, 1.82) is 0 Å². The lowest BCUT2D eigenvalue weighted by Crippen LogP contribution is -2.26. The molecule has 1 aromatic heterocycles. The number of hydrogen-bond acceptors (Lipinski definition) is 5. The predicted molar refractivity (Wildman–Crippen MR) is 118 cm³/mol. The fraction of sp³-hybridized carbons (Fsp3) is 0.261. The molecule has 0 saturated heterocycles. The summed E-state index contributed by atoms with van der Waals surface area (Å²) >= 11 is 0. The molecule has 0 aliphatic carbocycles. The second-order valence-electron chi connectivity index (χ2n) is 7.21. The highest BCUT2D eigenvalue weighted by Crippen LogP contribution is 2.30. The number of amides is 1. The Morgan fingerprint density at radius 2 is 1.93 bits per heavy atom. The minimum Gasteiger partial charge on any atom is -0.453 e. The zero-order valence-corrected chi connectivity index (χ0v) is 17.9. The number of benzene rings is 2. The Kier molecular flexibility index (Phi) is 6.20. The first-order valence-electron chi connectivity index (χ1n) is 9.74. The maximum Gasteiger partial charge on any atom is 0.294 e. The Bertz CT molecular complexity index is 1140.